The zero-order valence-corrected chi connectivity index (χ0v) is 9.47. The van der Waals surface area contributed by atoms with Crippen molar-refractivity contribution in [1.29, 1.82) is 0 Å². The molecule has 0 radical (unpaired) electrons. The summed E-state index contributed by atoms with van der Waals surface area (Å²) in [6.07, 6.45) is 3.40. The molecule has 0 aromatic heterocycles. The van der Waals surface area contributed by atoms with E-state index in [1.807, 2.05) is 30.3 Å². The molecule has 0 bridgehead atoms. The Hall–Kier alpha value is -0.900. The fraction of sp³-hybridized carbons (Fsp3) is 0.538. The van der Waals surface area contributed by atoms with Gasteiger partial charge in [0.25, 0.3) is 0 Å². The van der Waals surface area contributed by atoms with Crippen LogP contribution in [0.5, 0.6) is 0 Å². The molecule has 1 aromatic rings. The summed E-state index contributed by atoms with van der Waals surface area (Å²) >= 11 is 0. The molecule has 0 saturated heterocycles. The van der Waals surface area contributed by atoms with Gasteiger partial charge in [-0.3, -0.25) is 0 Å². The molecule has 1 aliphatic carbocycles. The van der Waals surface area contributed by atoms with E-state index in [0.29, 0.717) is 25.5 Å². The largest absolute Gasteiger partial charge is 0.352 e. The minimum Gasteiger partial charge on any atom is -0.352 e. The van der Waals surface area contributed by atoms with Crippen molar-refractivity contribution in [3.8, 4) is 0 Å². The summed E-state index contributed by atoms with van der Waals surface area (Å²) < 4.78 is 11.0. The van der Waals surface area contributed by atoms with E-state index in [4.69, 9.17) is 15.2 Å². The van der Waals surface area contributed by atoms with Crippen molar-refractivity contribution in [3.63, 3.8) is 0 Å². The van der Waals surface area contributed by atoms with Crippen molar-refractivity contribution < 1.29 is 9.47 Å². The fourth-order valence-corrected chi connectivity index (χ4v) is 2.00. The second kappa shape index (κ2) is 5.99. The van der Waals surface area contributed by atoms with E-state index < -0.39 is 0 Å². The summed E-state index contributed by atoms with van der Waals surface area (Å²) in [7, 11) is 0. The molecule has 2 unspecified atom stereocenters. The second-order valence-corrected chi connectivity index (χ2v) is 4.31. The van der Waals surface area contributed by atoms with Gasteiger partial charge in [0.2, 0.25) is 0 Å². The SMILES string of the molecule is NC1CCC(OCOCc2ccccc2)C1. The Bertz CT molecular complexity index is 302. The van der Waals surface area contributed by atoms with Gasteiger partial charge in [0.05, 0.1) is 12.7 Å². The van der Waals surface area contributed by atoms with Gasteiger partial charge in [0.15, 0.2) is 0 Å². The van der Waals surface area contributed by atoms with Crippen molar-refractivity contribution in [3.05, 3.63) is 35.9 Å². The Morgan fingerprint density at radius 2 is 2.00 bits per heavy atom. The molecule has 88 valence electrons. The van der Waals surface area contributed by atoms with Crippen LogP contribution in [0.1, 0.15) is 24.8 Å². The third kappa shape index (κ3) is 3.59. The Labute approximate surface area is 96.5 Å². The monoisotopic (exact) mass is 221 g/mol. The first kappa shape index (κ1) is 11.6. The molecule has 2 N–H and O–H groups in total. The molecule has 1 aromatic carbocycles. The van der Waals surface area contributed by atoms with E-state index in [9.17, 15) is 0 Å². The maximum atomic E-state index is 5.80. The van der Waals surface area contributed by atoms with E-state index in [1.54, 1.807) is 0 Å². The van der Waals surface area contributed by atoms with Gasteiger partial charge in [0, 0.05) is 6.04 Å². The van der Waals surface area contributed by atoms with Crippen molar-refractivity contribution in [2.24, 2.45) is 5.73 Å². The van der Waals surface area contributed by atoms with E-state index in [0.717, 1.165) is 19.3 Å². The molecular formula is C13H19NO2. The van der Waals surface area contributed by atoms with Crippen LogP contribution in [0.25, 0.3) is 0 Å². The highest BCUT2D eigenvalue weighted by Crippen LogP contribution is 2.20. The van der Waals surface area contributed by atoms with Crippen LogP contribution in [-0.2, 0) is 16.1 Å². The number of rotatable bonds is 5. The lowest BCUT2D eigenvalue weighted by atomic mass is 10.2. The summed E-state index contributed by atoms with van der Waals surface area (Å²) in [4.78, 5) is 0. The van der Waals surface area contributed by atoms with Crippen molar-refractivity contribution in [1.82, 2.24) is 0 Å². The predicted molar refractivity (Wildman–Crippen MR) is 62.8 cm³/mol. The van der Waals surface area contributed by atoms with E-state index >= 15 is 0 Å². The van der Waals surface area contributed by atoms with Crippen LogP contribution in [0.3, 0.4) is 0 Å². The summed E-state index contributed by atoms with van der Waals surface area (Å²) in [6.45, 7) is 0.978. The van der Waals surface area contributed by atoms with Gasteiger partial charge in [-0.05, 0) is 24.8 Å². The van der Waals surface area contributed by atoms with Gasteiger partial charge < -0.3 is 15.2 Å². The van der Waals surface area contributed by atoms with Crippen LogP contribution in [0, 0.1) is 0 Å². The number of hydrogen-bond acceptors (Lipinski definition) is 3. The van der Waals surface area contributed by atoms with Crippen LogP contribution >= 0.6 is 0 Å². The summed E-state index contributed by atoms with van der Waals surface area (Å²) in [5.41, 5.74) is 6.97. The van der Waals surface area contributed by atoms with Gasteiger partial charge >= 0.3 is 0 Å². The minimum absolute atomic E-state index is 0.297. The Balaban J connectivity index is 1.59. The molecule has 16 heavy (non-hydrogen) atoms. The number of nitrogens with two attached hydrogens (primary N) is 1. The summed E-state index contributed by atoms with van der Waals surface area (Å²) in [6, 6.07) is 10.4. The zero-order chi connectivity index (χ0) is 11.2. The average molecular weight is 221 g/mol. The second-order valence-electron chi connectivity index (χ2n) is 4.31. The molecule has 3 heteroatoms. The first-order valence-corrected chi connectivity index (χ1v) is 5.83. The normalized spacial score (nSPS) is 24.8. The van der Waals surface area contributed by atoms with Crippen LogP contribution in [-0.4, -0.2) is 18.9 Å². The molecule has 0 spiro atoms. The highest BCUT2D eigenvalue weighted by Gasteiger charge is 2.21. The first-order valence-electron chi connectivity index (χ1n) is 5.83. The molecule has 0 amide bonds. The summed E-state index contributed by atoms with van der Waals surface area (Å²) in [5, 5.41) is 0. The highest BCUT2D eigenvalue weighted by atomic mass is 16.7. The molecule has 1 aliphatic rings. The van der Waals surface area contributed by atoms with Crippen molar-refractivity contribution in [2.75, 3.05) is 6.79 Å². The third-order valence-electron chi connectivity index (χ3n) is 2.92. The molecule has 2 atom stereocenters. The third-order valence-corrected chi connectivity index (χ3v) is 2.92. The van der Waals surface area contributed by atoms with Crippen molar-refractivity contribution >= 4 is 0 Å². The maximum Gasteiger partial charge on any atom is 0.147 e. The molecule has 1 saturated carbocycles. The quantitative estimate of drug-likeness (QED) is 0.611. The Kier molecular flexibility index (Phi) is 4.34. The number of hydrogen-bond donors (Lipinski definition) is 1. The fourth-order valence-electron chi connectivity index (χ4n) is 2.00. The van der Waals surface area contributed by atoms with E-state index in [2.05, 4.69) is 0 Å². The van der Waals surface area contributed by atoms with Crippen LogP contribution < -0.4 is 5.73 Å². The van der Waals surface area contributed by atoms with Gasteiger partial charge in [-0.15, -0.1) is 0 Å². The van der Waals surface area contributed by atoms with Gasteiger partial charge in [-0.1, -0.05) is 30.3 Å². The van der Waals surface area contributed by atoms with Crippen molar-refractivity contribution in [2.45, 2.75) is 38.0 Å². The lowest BCUT2D eigenvalue weighted by Crippen LogP contribution is -2.18. The maximum absolute atomic E-state index is 5.80. The molecule has 2 rings (SSSR count). The topological polar surface area (TPSA) is 44.5 Å². The molecular weight excluding hydrogens is 202 g/mol. The summed E-state index contributed by atoms with van der Waals surface area (Å²) in [5.74, 6) is 0. The molecule has 0 heterocycles. The van der Waals surface area contributed by atoms with E-state index in [-0.39, 0.29) is 0 Å². The number of benzene rings is 1. The number of ether oxygens (including phenoxy) is 2. The highest BCUT2D eigenvalue weighted by molar-refractivity contribution is 5.13. The van der Waals surface area contributed by atoms with Crippen LogP contribution in [0.2, 0.25) is 0 Å². The standard InChI is InChI=1S/C13H19NO2/c14-12-6-7-13(8-12)16-10-15-9-11-4-2-1-3-5-11/h1-5,12-13H,6-10,14H2. The molecule has 1 fully saturated rings. The van der Waals surface area contributed by atoms with Crippen LogP contribution in [0.4, 0.5) is 0 Å². The van der Waals surface area contributed by atoms with Gasteiger partial charge in [-0.25, -0.2) is 0 Å². The van der Waals surface area contributed by atoms with Crippen LogP contribution in [0.15, 0.2) is 30.3 Å². The Morgan fingerprint density at radius 3 is 2.69 bits per heavy atom. The lowest BCUT2D eigenvalue weighted by molar-refractivity contribution is -0.0936. The average Bonchev–Trinajstić information content (AvgIpc) is 2.72. The molecule has 3 nitrogen and oxygen atoms in total. The lowest BCUT2D eigenvalue weighted by Gasteiger charge is -2.11. The smallest absolute Gasteiger partial charge is 0.147 e. The molecule has 0 aliphatic heterocycles. The Morgan fingerprint density at radius 1 is 1.19 bits per heavy atom. The zero-order valence-electron chi connectivity index (χ0n) is 9.47. The van der Waals surface area contributed by atoms with Gasteiger partial charge in [-0.2, -0.15) is 0 Å². The van der Waals surface area contributed by atoms with Gasteiger partial charge in [0.1, 0.15) is 6.79 Å². The predicted octanol–water partition coefficient (Wildman–Crippen LogP) is 2.06. The minimum atomic E-state index is 0.297. The van der Waals surface area contributed by atoms with E-state index in [1.165, 1.54) is 5.56 Å². The first-order chi connectivity index (χ1) is 7.84.